The number of aromatic nitrogens is 1. The summed E-state index contributed by atoms with van der Waals surface area (Å²) in [5.74, 6) is -0.173. The van der Waals surface area contributed by atoms with Crippen LogP contribution in [-0.4, -0.2) is 35.5 Å². The highest BCUT2D eigenvalue weighted by atomic mass is 32.1. The number of rotatable bonds is 8. The van der Waals surface area contributed by atoms with Gasteiger partial charge in [0.25, 0.3) is 5.91 Å². The van der Waals surface area contributed by atoms with Crippen LogP contribution in [0.25, 0.3) is 10.1 Å². The Labute approximate surface area is 185 Å². The number of aliphatic hydroxyl groups is 1. The van der Waals surface area contributed by atoms with Gasteiger partial charge in [0.05, 0.1) is 11.9 Å². The average Bonchev–Trinajstić information content (AvgIpc) is 3.22. The number of carbonyl (C=O) groups is 1. The van der Waals surface area contributed by atoms with Gasteiger partial charge in [-0.1, -0.05) is 18.2 Å². The fourth-order valence-corrected chi connectivity index (χ4v) is 5.02. The minimum absolute atomic E-state index is 0.0138. The molecule has 6 nitrogen and oxygen atoms in total. The number of aliphatic hydroxyl groups excluding tert-OH is 1. The fraction of sp³-hybridized carbons (Fsp3) is 0.333. The summed E-state index contributed by atoms with van der Waals surface area (Å²) >= 11 is 1.69. The summed E-state index contributed by atoms with van der Waals surface area (Å²) in [7, 11) is 0. The Balaban J connectivity index is 1.72. The molecule has 2 aromatic heterocycles. The van der Waals surface area contributed by atoms with Crippen LogP contribution in [-0.2, 0) is 14.3 Å². The third kappa shape index (κ3) is 4.79. The Kier molecular flexibility index (Phi) is 6.96. The molecule has 1 aliphatic rings. The molecular weight excluding hydrogens is 412 g/mol. The van der Waals surface area contributed by atoms with E-state index in [-0.39, 0.29) is 30.1 Å². The molecule has 0 spiro atoms. The molecule has 0 saturated carbocycles. The monoisotopic (exact) mass is 438 g/mol. The first kappa shape index (κ1) is 21.5. The molecule has 1 amide bonds. The van der Waals surface area contributed by atoms with E-state index in [4.69, 9.17) is 9.47 Å². The zero-order valence-electron chi connectivity index (χ0n) is 17.4. The molecule has 31 heavy (non-hydrogen) atoms. The van der Waals surface area contributed by atoms with E-state index in [9.17, 15) is 9.90 Å². The van der Waals surface area contributed by atoms with Crippen molar-refractivity contribution in [1.82, 2.24) is 4.98 Å². The molecule has 0 saturated heterocycles. The summed E-state index contributed by atoms with van der Waals surface area (Å²) in [6.45, 7) is 2.48. The number of pyridine rings is 1. The van der Waals surface area contributed by atoms with Crippen LogP contribution in [0.15, 0.2) is 66.0 Å². The number of nitrogens with one attached hydrogen (secondary N) is 1. The number of hydrogen-bond donors (Lipinski definition) is 2. The Morgan fingerprint density at radius 1 is 1.29 bits per heavy atom. The van der Waals surface area contributed by atoms with Crippen molar-refractivity contribution < 1.29 is 19.4 Å². The number of thiophene rings is 1. The number of hydrogen-bond acceptors (Lipinski definition) is 6. The summed E-state index contributed by atoms with van der Waals surface area (Å²) in [5, 5.41) is 15.6. The van der Waals surface area contributed by atoms with Crippen LogP contribution < -0.4 is 5.32 Å². The number of benzene rings is 1. The van der Waals surface area contributed by atoms with Crippen molar-refractivity contribution in [2.75, 3.05) is 18.5 Å². The summed E-state index contributed by atoms with van der Waals surface area (Å²) in [4.78, 5) is 17.0. The van der Waals surface area contributed by atoms with Crippen LogP contribution in [0.4, 0.5) is 5.69 Å². The first-order chi connectivity index (χ1) is 15.2. The standard InChI is InChI=1S/C24H26N2O4S/c1-2-29-24-18(9-6-12-27)19(20-15-31-22-10-4-3-8-17(20)22)13-21(30-24)23(28)26-16-7-5-11-25-14-16/h3-5,7-8,10-11,13-15,18-19,24,27H,2,6,9,12H2,1H3,(H,26,28)/t18-,19+,24-/m1/s1. The summed E-state index contributed by atoms with van der Waals surface area (Å²) in [5.41, 5.74) is 1.76. The van der Waals surface area contributed by atoms with E-state index < -0.39 is 6.29 Å². The van der Waals surface area contributed by atoms with E-state index >= 15 is 0 Å². The highest BCUT2D eigenvalue weighted by Crippen LogP contribution is 2.43. The highest BCUT2D eigenvalue weighted by Gasteiger charge is 2.38. The third-order valence-electron chi connectivity index (χ3n) is 5.42. The largest absolute Gasteiger partial charge is 0.459 e. The minimum Gasteiger partial charge on any atom is -0.459 e. The summed E-state index contributed by atoms with van der Waals surface area (Å²) in [6, 6.07) is 11.8. The van der Waals surface area contributed by atoms with Crippen molar-refractivity contribution in [1.29, 1.82) is 0 Å². The lowest BCUT2D eigenvalue weighted by Gasteiger charge is -2.36. The van der Waals surface area contributed by atoms with Crippen molar-refractivity contribution in [3.8, 4) is 0 Å². The molecule has 1 aromatic carbocycles. The van der Waals surface area contributed by atoms with E-state index in [1.807, 2.05) is 25.1 Å². The second-order valence-corrected chi connectivity index (χ2v) is 8.32. The quantitative estimate of drug-likeness (QED) is 0.534. The predicted molar refractivity (Wildman–Crippen MR) is 122 cm³/mol. The van der Waals surface area contributed by atoms with Gasteiger partial charge in [0.2, 0.25) is 6.29 Å². The molecule has 1 aliphatic heterocycles. The van der Waals surface area contributed by atoms with Gasteiger partial charge >= 0.3 is 0 Å². The van der Waals surface area contributed by atoms with Crippen LogP contribution in [0.3, 0.4) is 0 Å². The average molecular weight is 439 g/mol. The van der Waals surface area contributed by atoms with Crippen molar-refractivity contribution in [3.63, 3.8) is 0 Å². The maximum absolute atomic E-state index is 13.0. The van der Waals surface area contributed by atoms with E-state index in [2.05, 4.69) is 27.8 Å². The van der Waals surface area contributed by atoms with Gasteiger partial charge in [0.1, 0.15) is 0 Å². The number of fused-ring (bicyclic) bond motifs is 1. The molecular formula is C24H26N2O4S. The second kappa shape index (κ2) is 10.0. The van der Waals surface area contributed by atoms with Crippen LogP contribution in [0.1, 0.15) is 31.2 Å². The number of amides is 1. The molecule has 162 valence electrons. The summed E-state index contributed by atoms with van der Waals surface area (Å²) < 4.78 is 13.2. The SMILES string of the molecule is CCO[C@@H]1OC(C(=O)Nc2cccnc2)=C[C@H](c2csc3ccccc23)[C@H]1CCCO. The maximum atomic E-state index is 13.0. The van der Waals surface area contributed by atoms with Crippen molar-refractivity contribution in [2.24, 2.45) is 5.92 Å². The lowest BCUT2D eigenvalue weighted by molar-refractivity contribution is -0.164. The molecule has 3 heterocycles. The molecule has 4 rings (SSSR count). The molecule has 2 N–H and O–H groups in total. The molecule has 0 unspecified atom stereocenters. The van der Waals surface area contributed by atoms with Gasteiger partial charge in [0.15, 0.2) is 5.76 Å². The van der Waals surface area contributed by atoms with Crippen LogP contribution in [0, 0.1) is 5.92 Å². The van der Waals surface area contributed by atoms with Crippen molar-refractivity contribution in [3.05, 3.63) is 71.6 Å². The Hall–Kier alpha value is -2.74. The van der Waals surface area contributed by atoms with Gasteiger partial charge < -0.3 is 19.9 Å². The van der Waals surface area contributed by atoms with Crippen molar-refractivity contribution in [2.45, 2.75) is 32.0 Å². The maximum Gasteiger partial charge on any atom is 0.290 e. The van der Waals surface area contributed by atoms with Gasteiger partial charge in [0, 0.05) is 35.9 Å². The normalized spacial score (nSPS) is 20.8. The molecule has 0 radical (unpaired) electrons. The number of anilines is 1. The lowest BCUT2D eigenvalue weighted by Crippen LogP contribution is -2.37. The summed E-state index contributed by atoms with van der Waals surface area (Å²) in [6.07, 6.45) is 5.94. The molecule has 7 heteroatoms. The number of allylic oxidation sites excluding steroid dienone is 1. The van der Waals surface area contributed by atoms with Gasteiger partial charge in [-0.05, 0) is 60.4 Å². The van der Waals surface area contributed by atoms with E-state index in [0.29, 0.717) is 18.7 Å². The highest BCUT2D eigenvalue weighted by molar-refractivity contribution is 7.17. The number of nitrogens with zero attached hydrogens (tertiary/aromatic N) is 1. The first-order valence-corrected chi connectivity index (χ1v) is 11.4. The molecule has 3 atom stereocenters. The fourth-order valence-electron chi connectivity index (χ4n) is 4.01. The lowest BCUT2D eigenvalue weighted by atomic mass is 9.80. The Morgan fingerprint density at radius 2 is 2.16 bits per heavy atom. The van der Waals surface area contributed by atoms with Gasteiger partial charge in [-0.2, -0.15) is 0 Å². The van der Waals surface area contributed by atoms with E-state index in [1.165, 1.54) is 10.1 Å². The zero-order valence-corrected chi connectivity index (χ0v) is 18.2. The van der Waals surface area contributed by atoms with E-state index in [1.54, 1.807) is 35.9 Å². The Morgan fingerprint density at radius 3 is 2.94 bits per heavy atom. The first-order valence-electron chi connectivity index (χ1n) is 10.5. The topological polar surface area (TPSA) is 80.7 Å². The van der Waals surface area contributed by atoms with Crippen LogP contribution in [0.5, 0.6) is 0 Å². The zero-order chi connectivity index (χ0) is 21.6. The molecule has 0 bridgehead atoms. The Bertz CT molecular complexity index is 1050. The predicted octanol–water partition coefficient (Wildman–Crippen LogP) is 4.68. The van der Waals surface area contributed by atoms with Gasteiger partial charge in [-0.15, -0.1) is 11.3 Å². The third-order valence-corrected chi connectivity index (χ3v) is 6.41. The number of ether oxygens (including phenoxy) is 2. The smallest absolute Gasteiger partial charge is 0.290 e. The second-order valence-electron chi connectivity index (χ2n) is 7.41. The van der Waals surface area contributed by atoms with Crippen LogP contribution in [0.2, 0.25) is 0 Å². The number of carbonyl (C=O) groups excluding carboxylic acids is 1. The van der Waals surface area contributed by atoms with Gasteiger partial charge in [-0.25, -0.2) is 0 Å². The molecule has 0 fully saturated rings. The van der Waals surface area contributed by atoms with Crippen LogP contribution >= 0.6 is 11.3 Å². The van der Waals surface area contributed by atoms with Gasteiger partial charge in [-0.3, -0.25) is 9.78 Å². The molecule has 3 aromatic rings. The minimum atomic E-state index is -0.570. The van der Waals surface area contributed by atoms with Crippen molar-refractivity contribution >= 4 is 33.0 Å². The van der Waals surface area contributed by atoms with E-state index in [0.717, 1.165) is 12.0 Å². The molecule has 0 aliphatic carbocycles.